The molecule has 220 valence electrons. The van der Waals surface area contributed by atoms with Crippen LogP contribution >= 0.6 is 0 Å². The van der Waals surface area contributed by atoms with Crippen molar-refractivity contribution < 1.29 is 18.9 Å². The van der Waals surface area contributed by atoms with E-state index in [9.17, 15) is 0 Å². The fraction of sp³-hybridized carbons (Fsp3) is 0.471. The standard InChI is InChI=1S/C34H45N3O4/c1-38-34-12-6-8-30(25-34)27-37(26-29-7-4-10-32(23-29)36-13-2-3-14-36)33-11-5-9-31(24-33)28-41-22-21-40-20-17-35-15-18-39-19-16-35/h4-12,23-25H,2-3,13-22,26-28H2,1H3. The van der Waals surface area contributed by atoms with Crippen LogP contribution in [0.3, 0.4) is 0 Å². The highest BCUT2D eigenvalue weighted by molar-refractivity contribution is 5.53. The van der Waals surface area contributed by atoms with Crippen LogP contribution in [0.25, 0.3) is 0 Å². The van der Waals surface area contributed by atoms with Gasteiger partial charge < -0.3 is 28.7 Å². The summed E-state index contributed by atoms with van der Waals surface area (Å²) in [5, 5.41) is 0. The van der Waals surface area contributed by atoms with Gasteiger partial charge in [-0.1, -0.05) is 36.4 Å². The summed E-state index contributed by atoms with van der Waals surface area (Å²) in [5.41, 5.74) is 6.21. The number of rotatable bonds is 15. The molecule has 7 heteroatoms. The number of ether oxygens (including phenoxy) is 4. The zero-order valence-electron chi connectivity index (χ0n) is 24.5. The third-order valence-electron chi connectivity index (χ3n) is 7.83. The second-order valence-corrected chi connectivity index (χ2v) is 10.9. The van der Waals surface area contributed by atoms with E-state index in [1.54, 1.807) is 7.11 Å². The molecule has 3 aromatic carbocycles. The zero-order valence-corrected chi connectivity index (χ0v) is 24.5. The van der Waals surface area contributed by atoms with Gasteiger partial charge in [-0.05, 0) is 65.9 Å². The molecule has 0 saturated carbocycles. The maximum Gasteiger partial charge on any atom is 0.119 e. The Morgan fingerprint density at radius 1 is 0.732 bits per heavy atom. The highest BCUT2D eigenvalue weighted by atomic mass is 16.5. The van der Waals surface area contributed by atoms with Gasteiger partial charge in [0.05, 0.1) is 46.8 Å². The van der Waals surface area contributed by atoms with Crippen molar-refractivity contribution in [3.05, 3.63) is 89.5 Å². The van der Waals surface area contributed by atoms with Crippen LogP contribution in [0, 0.1) is 0 Å². The molecule has 0 bridgehead atoms. The van der Waals surface area contributed by atoms with Crippen LogP contribution in [0.15, 0.2) is 72.8 Å². The van der Waals surface area contributed by atoms with E-state index in [1.165, 1.54) is 35.3 Å². The second-order valence-electron chi connectivity index (χ2n) is 10.9. The SMILES string of the molecule is COc1cccc(CN(Cc2cccc(N3CCCC3)c2)c2cccc(COCCOCCN3CCOCC3)c2)c1. The molecule has 5 rings (SSSR count). The average Bonchev–Trinajstić information content (AvgIpc) is 3.57. The van der Waals surface area contributed by atoms with Gasteiger partial charge in [0.1, 0.15) is 5.75 Å². The number of anilines is 2. The van der Waals surface area contributed by atoms with E-state index in [-0.39, 0.29) is 0 Å². The first-order valence-corrected chi connectivity index (χ1v) is 15.0. The smallest absolute Gasteiger partial charge is 0.119 e. The molecule has 0 spiro atoms. The normalized spacial score (nSPS) is 15.8. The Morgan fingerprint density at radius 2 is 1.44 bits per heavy atom. The Balaban J connectivity index is 1.19. The minimum Gasteiger partial charge on any atom is -0.497 e. The summed E-state index contributed by atoms with van der Waals surface area (Å²) in [5.74, 6) is 0.882. The highest BCUT2D eigenvalue weighted by Gasteiger charge is 2.15. The summed E-state index contributed by atoms with van der Waals surface area (Å²) >= 11 is 0. The molecule has 2 fully saturated rings. The fourth-order valence-electron chi connectivity index (χ4n) is 5.55. The Morgan fingerprint density at radius 3 is 2.24 bits per heavy atom. The average molecular weight is 560 g/mol. The number of methoxy groups -OCH3 is 1. The predicted molar refractivity (Wildman–Crippen MR) is 165 cm³/mol. The van der Waals surface area contributed by atoms with E-state index in [0.717, 1.165) is 76.9 Å². The van der Waals surface area contributed by atoms with Crippen LogP contribution in [0.5, 0.6) is 5.75 Å². The summed E-state index contributed by atoms with van der Waals surface area (Å²) < 4.78 is 22.7. The third-order valence-corrected chi connectivity index (χ3v) is 7.83. The van der Waals surface area contributed by atoms with Crippen molar-refractivity contribution in [1.29, 1.82) is 0 Å². The van der Waals surface area contributed by atoms with Gasteiger partial charge >= 0.3 is 0 Å². The molecule has 2 saturated heterocycles. The molecule has 7 nitrogen and oxygen atoms in total. The molecule has 0 atom stereocenters. The molecule has 2 aliphatic heterocycles. The fourth-order valence-corrected chi connectivity index (χ4v) is 5.55. The first-order valence-electron chi connectivity index (χ1n) is 15.0. The number of hydrogen-bond acceptors (Lipinski definition) is 7. The second kappa shape index (κ2) is 15.8. The van der Waals surface area contributed by atoms with Crippen molar-refractivity contribution in [2.75, 3.05) is 82.7 Å². The summed E-state index contributed by atoms with van der Waals surface area (Å²) in [4.78, 5) is 7.33. The van der Waals surface area contributed by atoms with Gasteiger partial charge in [0.2, 0.25) is 0 Å². The highest BCUT2D eigenvalue weighted by Crippen LogP contribution is 2.26. The Bertz CT molecular complexity index is 1190. The van der Waals surface area contributed by atoms with Crippen LogP contribution in [0.2, 0.25) is 0 Å². The number of morpholine rings is 1. The largest absolute Gasteiger partial charge is 0.497 e. The van der Waals surface area contributed by atoms with E-state index in [2.05, 4.69) is 81.4 Å². The quantitative estimate of drug-likeness (QED) is 0.232. The van der Waals surface area contributed by atoms with E-state index >= 15 is 0 Å². The van der Waals surface area contributed by atoms with E-state index in [4.69, 9.17) is 18.9 Å². The first kappa shape index (κ1) is 29.4. The van der Waals surface area contributed by atoms with Crippen LogP contribution in [0.1, 0.15) is 29.5 Å². The molecule has 2 heterocycles. The molecule has 0 aliphatic carbocycles. The minimum absolute atomic E-state index is 0.568. The lowest BCUT2D eigenvalue weighted by atomic mass is 10.1. The first-order chi connectivity index (χ1) is 20.3. The molecule has 41 heavy (non-hydrogen) atoms. The van der Waals surface area contributed by atoms with Gasteiger partial charge in [-0.3, -0.25) is 4.90 Å². The monoisotopic (exact) mass is 559 g/mol. The van der Waals surface area contributed by atoms with Gasteiger partial charge in [-0.2, -0.15) is 0 Å². The van der Waals surface area contributed by atoms with Crippen molar-refractivity contribution in [1.82, 2.24) is 4.90 Å². The van der Waals surface area contributed by atoms with E-state index < -0.39 is 0 Å². The zero-order chi connectivity index (χ0) is 28.1. The van der Waals surface area contributed by atoms with Crippen LogP contribution in [0.4, 0.5) is 11.4 Å². The van der Waals surface area contributed by atoms with Crippen molar-refractivity contribution in [3.8, 4) is 5.75 Å². The molecule has 2 aliphatic rings. The Kier molecular flexibility index (Phi) is 11.3. The third kappa shape index (κ3) is 9.20. The molecule has 3 aromatic rings. The van der Waals surface area contributed by atoms with Crippen LogP contribution in [-0.2, 0) is 33.9 Å². The molecular weight excluding hydrogens is 514 g/mol. The number of hydrogen-bond donors (Lipinski definition) is 0. The molecule has 0 N–H and O–H groups in total. The number of nitrogens with zero attached hydrogens (tertiary/aromatic N) is 3. The predicted octanol–water partition coefficient (Wildman–Crippen LogP) is 5.37. The lowest BCUT2D eigenvalue weighted by molar-refractivity contribution is 0.00585. The van der Waals surface area contributed by atoms with Gasteiger partial charge in [0, 0.05) is 57.2 Å². The molecule has 0 aromatic heterocycles. The number of benzene rings is 3. The minimum atomic E-state index is 0.568. The Labute approximate surface area is 245 Å². The summed E-state index contributed by atoms with van der Waals surface area (Å²) in [6, 6.07) is 26.1. The van der Waals surface area contributed by atoms with Crippen LogP contribution in [-0.4, -0.2) is 77.8 Å². The van der Waals surface area contributed by atoms with Gasteiger partial charge in [0.15, 0.2) is 0 Å². The van der Waals surface area contributed by atoms with Crippen LogP contribution < -0.4 is 14.5 Å². The summed E-state index contributed by atoms with van der Waals surface area (Å²) in [7, 11) is 1.72. The lowest BCUT2D eigenvalue weighted by Gasteiger charge is -2.27. The maximum atomic E-state index is 5.99. The maximum absolute atomic E-state index is 5.99. The molecular formula is C34H45N3O4. The topological polar surface area (TPSA) is 46.6 Å². The van der Waals surface area contributed by atoms with Gasteiger partial charge in [-0.25, -0.2) is 0 Å². The van der Waals surface area contributed by atoms with Crippen molar-refractivity contribution >= 4 is 11.4 Å². The van der Waals surface area contributed by atoms with E-state index in [0.29, 0.717) is 19.8 Å². The lowest BCUT2D eigenvalue weighted by Crippen LogP contribution is -2.38. The molecule has 0 unspecified atom stereocenters. The van der Waals surface area contributed by atoms with Gasteiger partial charge in [-0.15, -0.1) is 0 Å². The van der Waals surface area contributed by atoms with Crippen molar-refractivity contribution in [2.45, 2.75) is 32.5 Å². The Hall–Kier alpha value is -3.10. The van der Waals surface area contributed by atoms with E-state index in [1.807, 2.05) is 6.07 Å². The molecule has 0 radical (unpaired) electrons. The molecule has 0 amide bonds. The van der Waals surface area contributed by atoms with Crippen molar-refractivity contribution in [2.24, 2.45) is 0 Å². The summed E-state index contributed by atoms with van der Waals surface area (Å²) in [6.07, 6.45) is 2.56. The summed E-state index contributed by atoms with van der Waals surface area (Å²) in [6.45, 7) is 11.0. The van der Waals surface area contributed by atoms with Crippen molar-refractivity contribution in [3.63, 3.8) is 0 Å². The van der Waals surface area contributed by atoms with Gasteiger partial charge in [0.25, 0.3) is 0 Å².